The quantitative estimate of drug-likeness (QED) is 0.908. The lowest BCUT2D eigenvalue weighted by molar-refractivity contribution is 0.393. The Bertz CT molecular complexity index is 789. The molecule has 2 aromatic rings. The van der Waals surface area contributed by atoms with Gasteiger partial charge in [0.25, 0.3) is 0 Å². The van der Waals surface area contributed by atoms with Gasteiger partial charge in [0.1, 0.15) is 0 Å². The standard InChI is InChI=1S/C20H23FN4/c1-15(23-12-17-6-2-4-16-5-3-7-18(16)17)24-10-11-25(14-24)20-8-9-22-13-19(20)21/h2,4,6,8-9,13,23H,1,3,5,7,10-12,14H2. The maximum atomic E-state index is 13.9. The summed E-state index contributed by atoms with van der Waals surface area (Å²) in [4.78, 5) is 7.99. The van der Waals surface area contributed by atoms with E-state index in [2.05, 4.69) is 40.0 Å². The largest absolute Gasteiger partial charge is 0.368 e. The summed E-state index contributed by atoms with van der Waals surface area (Å²) in [7, 11) is 0. The van der Waals surface area contributed by atoms with E-state index in [-0.39, 0.29) is 5.82 Å². The van der Waals surface area contributed by atoms with E-state index in [1.807, 2.05) is 4.90 Å². The van der Waals surface area contributed by atoms with Gasteiger partial charge in [-0.1, -0.05) is 24.8 Å². The molecule has 5 heteroatoms. The zero-order valence-electron chi connectivity index (χ0n) is 14.3. The molecule has 25 heavy (non-hydrogen) atoms. The summed E-state index contributed by atoms with van der Waals surface area (Å²) in [6, 6.07) is 8.31. The molecule has 130 valence electrons. The fourth-order valence-electron chi connectivity index (χ4n) is 3.80. The van der Waals surface area contributed by atoms with Gasteiger partial charge >= 0.3 is 0 Å². The van der Waals surface area contributed by atoms with Crippen LogP contribution in [0.2, 0.25) is 0 Å². The van der Waals surface area contributed by atoms with Crippen LogP contribution in [0, 0.1) is 5.82 Å². The number of rotatable bonds is 5. The second-order valence-corrected chi connectivity index (χ2v) is 6.70. The second kappa shape index (κ2) is 6.75. The molecule has 4 rings (SSSR count). The number of pyridine rings is 1. The Labute approximate surface area is 148 Å². The normalized spacial score (nSPS) is 16.2. The minimum atomic E-state index is -0.275. The summed E-state index contributed by atoms with van der Waals surface area (Å²) in [5.74, 6) is 0.621. The molecule has 1 N–H and O–H groups in total. The molecule has 0 bridgehead atoms. The number of nitrogens with zero attached hydrogens (tertiary/aromatic N) is 3. The van der Waals surface area contributed by atoms with Gasteiger partial charge in [-0.3, -0.25) is 4.98 Å². The topological polar surface area (TPSA) is 31.4 Å². The lowest BCUT2D eigenvalue weighted by atomic mass is 10.0. The van der Waals surface area contributed by atoms with Crippen molar-refractivity contribution in [1.82, 2.24) is 15.2 Å². The Balaban J connectivity index is 1.37. The summed E-state index contributed by atoms with van der Waals surface area (Å²) < 4.78 is 13.9. The van der Waals surface area contributed by atoms with E-state index in [4.69, 9.17) is 0 Å². The molecule has 0 radical (unpaired) electrons. The summed E-state index contributed by atoms with van der Waals surface area (Å²) in [6.45, 7) is 7.22. The zero-order valence-corrected chi connectivity index (χ0v) is 14.3. The van der Waals surface area contributed by atoms with Gasteiger partial charge < -0.3 is 15.1 Å². The first-order chi connectivity index (χ1) is 12.2. The van der Waals surface area contributed by atoms with Crippen molar-refractivity contribution in [2.45, 2.75) is 25.8 Å². The van der Waals surface area contributed by atoms with Gasteiger partial charge in [-0.15, -0.1) is 0 Å². The molecule has 1 aliphatic carbocycles. The number of nitrogens with one attached hydrogen (secondary N) is 1. The first-order valence-corrected chi connectivity index (χ1v) is 8.84. The Morgan fingerprint density at radius 3 is 3.04 bits per heavy atom. The number of hydrogen-bond donors (Lipinski definition) is 1. The molecule has 0 atom stereocenters. The average Bonchev–Trinajstić information content (AvgIpc) is 3.29. The van der Waals surface area contributed by atoms with Crippen molar-refractivity contribution >= 4 is 5.69 Å². The van der Waals surface area contributed by atoms with E-state index in [1.54, 1.807) is 12.3 Å². The third-order valence-corrected chi connectivity index (χ3v) is 5.18. The third-order valence-electron chi connectivity index (χ3n) is 5.18. The van der Waals surface area contributed by atoms with E-state index >= 15 is 0 Å². The third kappa shape index (κ3) is 3.18. The molecule has 4 nitrogen and oxygen atoms in total. The van der Waals surface area contributed by atoms with E-state index in [9.17, 15) is 4.39 Å². The second-order valence-electron chi connectivity index (χ2n) is 6.70. The van der Waals surface area contributed by atoms with Crippen molar-refractivity contribution in [1.29, 1.82) is 0 Å². The maximum absolute atomic E-state index is 13.9. The minimum Gasteiger partial charge on any atom is -0.368 e. The van der Waals surface area contributed by atoms with Crippen molar-refractivity contribution < 1.29 is 4.39 Å². The highest BCUT2D eigenvalue weighted by molar-refractivity contribution is 5.47. The van der Waals surface area contributed by atoms with Crippen LogP contribution in [0.3, 0.4) is 0 Å². The number of halogens is 1. The summed E-state index contributed by atoms with van der Waals surface area (Å²) in [6.07, 6.45) is 6.53. The van der Waals surface area contributed by atoms with Crippen LogP contribution in [-0.2, 0) is 19.4 Å². The molecule has 1 saturated heterocycles. The fourth-order valence-corrected chi connectivity index (χ4v) is 3.80. The van der Waals surface area contributed by atoms with Gasteiger partial charge in [-0.2, -0.15) is 0 Å². The van der Waals surface area contributed by atoms with Crippen LogP contribution in [0.1, 0.15) is 23.1 Å². The lowest BCUT2D eigenvalue weighted by Gasteiger charge is -2.24. The van der Waals surface area contributed by atoms with Crippen LogP contribution in [-0.4, -0.2) is 29.6 Å². The SMILES string of the molecule is C=C(NCc1cccc2c1CCC2)N1CCN(c2ccncc2F)C1. The molecule has 0 spiro atoms. The monoisotopic (exact) mass is 338 g/mol. The van der Waals surface area contributed by atoms with Crippen molar-refractivity contribution in [3.8, 4) is 0 Å². The highest BCUT2D eigenvalue weighted by Gasteiger charge is 2.23. The number of hydrogen-bond acceptors (Lipinski definition) is 4. The smallest absolute Gasteiger partial charge is 0.164 e. The van der Waals surface area contributed by atoms with E-state index in [1.165, 1.54) is 42.1 Å². The van der Waals surface area contributed by atoms with Gasteiger partial charge in [0.15, 0.2) is 5.82 Å². The van der Waals surface area contributed by atoms with Gasteiger partial charge in [-0.05, 0) is 42.0 Å². The molecule has 1 aromatic carbocycles. The zero-order chi connectivity index (χ0) is 17.2. The number of fused-ring (bicyclic) bond motifs is 1. The first-order valence-electron chi connectivity index (χ1n) is 8.84. The highest BCUT2D eigenvalue weighted by Crippen LogP contribution is 2.26. The molecule has 1 fully saturated rings. The predicted octanol–water partition coefficient (Wildman–Crippen LogP) is 3.05. The van der Waals surface area contributed by atoms with Crippen LogP contribution in [0.4, 0.5) is 10.1 Å². The summed E-state index contributed by atoms with van der Waals surface area (Å²) >= 11 is 0. The summed E-state index contributed by atoms with van der Waals surface area (Å²) in [5, 5.41) is 3.46. The predicted molar refractivity (Wildman–Crippen MR) is 97.6 cm³/mol. The molecule has 0 saturated carbocycles. The molecule has 2 heterocycles. The molecule has 0 amide bonds. The Kier molecular flexibility index (Phi) is 4.30. The van der Waals surface area contributed by atoms with Crippen molar-refractivity contribution in [3.63, 3.8) is 0 Å². The fraction of sp³-hybridized carbons (Fsp3) is 0.350. The lowest BCUT2D eigenvalue weighted by Crippen LogP contribution is -2.31. The van der Waals surface area contributed by atoms with Gasteiger partial charge in [0.2, 0.25) is 0 Å². The maximum Gasteiger partial charge on any atom is 0.164 e. The Morgan fingerprint density at radius 1 is 1.24 bits per heavy atom. The number of aryl methyl sites for hydroxylation is 1. The first kappa shape index (κ1) is 15.9. The van der Waals surface area contributed by atoms with Gasteiger partial charge in [-0.25, -0.2) is 4.39 Å². The molecule has 2 aliphatic rings. The van der Waals surface area contributed by atoms with E-state index in [0.29, 0.717) is 12.4 Å². The minimum absolute atomic E-state index is 0.275. The summed E-state index contributed by atoms with van der Waals surface area (Å²) in [5.41, 5.74) is 4.97. The highest BCUT2D eigenvalue weighted by atomic mass is 19.1. The van der Waals surface area contributed by atoms with E-state index in [0.717, 1.165) is 25.5 Å². The number of aromatic nitrogens is 1. The molecular weight excluding hydrogens is 315 g/mol. The Hall–Kier alpha value is -2.56. The van der Waals surface area contributed by atoms with Crippen LogP contribution in [0.5, 0.6) is 0 Å². The molecular formula is C20H23FN4. The Morgan fingerprint density at radius 2 is 2.16 bits per heavy atom. The molecule has 1 aromatic heterocycles. The van der Waals surface area contributed by atoms with Crippen LogP contribution < -0.4 is 10.2 Å². The van der Waals surface area contributed by atoms with Crippen molar-refractivity contribution in [2.24, 2.45) is 0 Å². The van der Waals surface area contributed by atoms with Crippen LogP contribution in [0.15, 0.2) is 49.1 Å². The van der Waals surface area contributed by atoms with Crippen LogP contribution in [0.25, 0.3) is 0 Å². The molecule has 0 unspecified atom stereocenters. The van der Waals surface area contributed by atoms with Crippen molar-refractivity contribution in [3.05, 3.63) is 71.6 Å². The van der Waals surface area contributed by atoms with Gasteiger partial charge in [0.05, 0.1) is 24.4 Å². The van der Waals surface area contributed by atoms with Crippen molar-refractivity contribution in [2.75, 3.05) is 24.7 Å². The molecule has 1 aliphatic heterocycles. The van der Waals surface area contributed by atoms with Gasteiger partial charge in [0, 0.05) is 25.8 Å². The van der Waals surface area contributed by atoms with E-state index < -0.39 is 0 Å². The number of anilines is 1. The average molecular weight is 338 g/mol. The van der Waals surface area contributed by atoms with Crippen LogP contribution >= 0.6 is 0 Å². The number of benzene rings is 1.